The Morgan fingerprint density at radius 1 is 1.41 bits per heavy atom. The van der Waals surface area contributed by atoms with Crippen LogP contribution in [0.2, 0.25) is 0 Å². The van der Waals surface area contributed by atoms with Crippen molar-refractivity contribution in [1.82, 2.24) is 9.88 Å². The molecule has 1 aromatic heterocycles. The predicted octanol–water partition coefficient (Wildman–Crippen LogP) is 2.51. The number of nitrogens with zero attached hydrogens (tertiary/aromatic N) is 1. The zero-order chi connectivity index (χ0) is 15.2. The lowest BCUT2D eigenvalue weighted by Crippen LogP contribution is -2.38. The molecule has 0 bridgehead atoms. The van der Waals surface area contributed by atoms with Crippen molar-refractivity contribution < 1.29 is 9.53 Å². The van der Waals surface area contributed by atoms with Gasteiger partial charge >= 0.3 is 0 Å². The van der Waals surface area contributed by atoms with Crippen LogP contribution in [-0.4, -0.2) is 29.7 Å². The minimum atomic E-state index is -0.233. The molecule has 1 saturated carbocycles. The van der Waals surface area contributed by atoms with Crippen LogP contribution in [0.1, 0.15) is 31.2 Å². The van der Waals surface area contributed by atoms with Gasteiger partial charge < -0.3 is 14.6 Å². The number of carbonyl (C=O) groups is 1. The highest BCUT2D eigenvalue weighted by Gasteiger charge is 2.46. The number of benzene rings is 1. The molecule has 116 valence electrons. The van der Waals surface area contributed by atoms with Crippen LogP contribution in [0, 0.1) is 0 Å². The predicted molar refractivity (Wildman–Crippen MR) is 85.8 cm³/mol. The molecular formula is C18H22N2O2. The number of carbonyl (C=O) groups excluding carboxylic acids is 1. The molecule has 4 heteroatoms. The lowest BCUT2D eigenvalue weighted by Gasteiger charge is -2.17. The zero-order valence-electron chi connectivity index (χ0n) is 13.0. The third-order valence-electron chi connectivity index (χ3n) is 5.14. The Hall–Kier alpha value is -1.81. The Morgan fingerprint density at radius 3 is 2.95 bits per heavy atom. The van der Waals surface area contributed by atoms with Crippen molar-refractivity contribution in [2.45, 2.75) is 37.2 Å². The molecule has 1 atom stereocenters. The van der Waals surface area contributed by atoms with Gasteiger partial charge in [-0.3, -0.25) is 4.79 Å². The van der Waals surface area contributed by atoms with E-state index < -0.39 is 0 Å². The van der Waals surface area contributed by atoms with E-state index in [-0.39, 0.29) is 17.4 Å². The monoisotopic (exact) mass is 298 g/mol. The van der Waals surface area contributed by atoms with Gasteiger partial charge in [-0.25, -0.2) is 0 Å². The van der Waals surface area contributed by atoms with Gasteiger partial charge in [0.15, 0.2) is 0 Å². The van der Waals surface area contributed by atoms with Crippen molar-refractivity contribution in [2.75, 3.05) is 13.2 Å². The average molecular weight is 298 g/mol. The van der Waals surface area contributed by atoms with E-state index in [1.54, 1.807) is 0 Å². The van der Waals surface area contributed by atoms with Gasteiger partial charge in [0.25, 0.3) is 0 Å². The highest BCUT2D eigenvalue weighted by molar-refractivity contribution is 5.86. The SMILES string of the molecule is Cn1cc(C2(CNC(=O)C3CCCO3)CC2)c2ccccc21. The molecule has 1 unspecified atom stereocenters. The minimum absolute atomic E-state index is 0.0593. The molecule has 4 rings (SSSR count). The van der Waals surface area contributed by atoms with Crippen molar-refractivity contribution in [1.29, 1.82) is 0 Å². The maximum absolute atomic E-state index is 12.2. The van der Waals surface area contributed by atoms with Gasteiger partial charge in [0.05, 0.1) is 0 Å². The van der Waals surface area contributed by atoms with E-state index >= 15 is 0 Å². The molecule has 1 aromatic carbocycles. The Morgan fingerprint density at radius 2 is 2.23 bits per heavy atom. The molecule has 1 amide bonds. The number of nitrogens with one attached hydrogen (secondary N) is 1. The van der Waals surface area contributed by atoms with E-state index in [4.69, 9.17) is 4.74 Å². The van der Waals surface area contributed by atoms with Crippen LogP contribution < -0.4 is 5.32 Å². The summed E-state index contributed by atoms with van der Waals surface area (Å²) in [5, 5.41) is 4.44. The third-order valence-corrected chi connectivity index (χ3v) is 5.14. The number of aromatic nitrogens is 1. The first kappa shape index (κ1) is 13.8. The van der Waals surface area contributed by atoms with E-state index in [1.165, 1.54) is 16.5 Å². The summed E-state index contributed by atoms with van der Waals surface area (Å²) in [5.41, 5.74) is 2.75. The van der Waals surface area contributed by atoms with Crippen molar-refractivity contribution >= 4 is 16.8 Å². The summed E-state index contributed by atoms with van der Waals surface area (Å²) in [5.74, 6) is 0.0593. The van der Waals surface area contributed by atoms with Crippen molar-refractivity contribution in [3.05, 3.63) is 36.0 Å². The molecule has 1 saturated heterocycles. The van der Waals surface area contributed by atoms with Crippen LogP contribution in [0.15, 0.2) is 30.5 Å². The summed E-state index contributed by atoms with van der Waals surface area (Å²) < 4.78 is 7.65. The minimum Gasteiger partial charge on any atom is -0.368 e. The van der Waals surface area contributed by atoms with Crippen LogP contribution in [0.25, 0.3) is 10.9 Å². The second-order valence-electron chi connectivity index (χ2n) is 6.67. The highest BCUT2D eigenvalue weighted by atomic mass is 16.5. The van der Waals surface area contributed by atoms with Gasteiger partial charge in [0.2, 0.25) is 5.91 Å². The Labute approximate surface area is 130 Å². The van der Waals surface area contributed by atoms with E-state index in [0.717, 1.165) is 32.2 Å². The van der Waals surface area contributed by atoms with E-state index in [2.05, 4.69) is 47.4 Å². The zero-order valence-corrected chi connectivity index (χ0v) is 13.0. The molecule has 1 N–H and O–H groups in total. The number of ether oxygens (including phenoxy) is 1. The van der Waals surface area contributed by atoms with Gasteiger partial charge in [-0.15, -0.1) is 0 Å². The molecule has 1 aliphatic carbocycles. The molecule has 1 aliphatic heterocycles. The molecule has 22 heavy (non-hydrogen) atoms. The van der Waals surface area contributed by atoms with E-state index in [9.17, 15) is 4.79 Å². The van der Waals surface area contributed by atoms with Crippen molar-refractivity contribution in [3.63, 3.8) is 0 Å². The first-order valence-corrected chi connectivity index (χ1v) is 8.13. The molecule has 2 heterocycles. The van der Waals surface area contributed by atoms with E-state index in [0.29, 0.717) is 6.61 Å². The lowest BCUT2D eigenvalue weighted by molar-refractivity contribution is -0.130. The number of aryl methyl sites for hydroxylation is 1. The Kier molecular flexibility index (Phi) is 3.22. The fourth-order valence-electron chi connectivity index (χ4n) is 3.61. The summed E-state index contributed by atoms with van der Waals surface area (Å²) in [6, 6.07) is 8.50. The van der Waals surface area contributed by atoms with Crippen LogP contribution in [-0.2, 0) is 22.0 Å². The first-order valence-electron chi connectivity index (χ1n) is 8.13. The second-order valence-corrected chi connectivity index (χ2v) is 6.67. The number of hydrogen-bond acceptors (Lipinski definition) is 2. The van der Waals surface area contributed by atoms with Gasteiger partial charge in [-0.2, -0.15) is 0 Å². The highest BCUT2D eigenvalue weighted by Crippen LogP contribution is 2.50. The van der Waals surface area contributed by atoms with Crippen LogP contribution >= 0.6 is 0 Å². The normalized spacial score (nSPS) is 22.9. The number of para-hydroxylation sites is 1. The molecule has 0 radical (unpaired) electrons. The van der Waals surface area contributed by atoms with Crippen LogP contribution in [0.3, 0.4) is 0 Å². The summed E-state index contributed by atoms with van der Waals surface area (Å²) in [6.07, 6.45) is 6.14. The van der Waals surface area contributed by atoms with Gasteiger partial charge in [-0.05, 0) is 37.3 Å². The summed E-state index contributed by atoms with van der Waals surface area (Å²) >= 11 is 0. The number of fused-ring (bicyclic) bond motifs is 1. The molecule has 4 nitrogen and oxygen atoms in total. The van der Waals surface area contributed by atoms with Crippen LogP contribution in [0.5, 0.6) is 0 Å². The van der Waals surface area contributed by atoms with Gasteiger partial charge in [0.1, 0.15) is 6.10 Å². The largest absolute Gasteiger partial charge is 0.368 e. The molecule has 2 aliphatic rings. The van der Waals surface area contributed by atoms with Crippen molar-refractivity contribution in [2.24, 2.45) is 7.05 Å². The van der Waals surface area contributed by atoms with E-state index in [1.807, 2.05) is 0 Å². The topological polar surface area (TPSA) is 43.3 Å². The number of rotatable bonds is 4. The lowest BCUT2D eigenvalue weighted by atomic mass is 9.95. The Balaban J connectivity index is 1.54. The Bertz CT molecular complexity index is 709. The maximum Gasteiger partial charge on any atom is 0.249 e. The summed E-state index contributed by atoms with van der Waals surface area (Å²) in [7, 11) is 2.09. The standard InChI is InChI=1S/C18H22N2O2/c1-20-11-14(13-5-2-3-6-15(13)20)18(8-9-18)12-19-17(21)16-7-4-10-22-16/h2-3,5-6,11,16H,4,7-10,12H2,1H3,(H,19,21). The summed E-state index contributed by atoms with van der Waals surface area (Å²) in [6.45, 7) is 1.44. The fourth-order valence-corrected chi connectivity index (χ4v) is 3.61. The first-order chi connectivity index (χ1) is 10.7. The van der Waals surface area contributed by atoms with Crippen LogP contribution in [0.4, 0.5) is 0 Å². The second kappa shape index (κ2) is 5.13. The molecule has 2 aromatic rings. The van der Waals surface area contributed by atoms with Crippen molar-refractivity contribution in [3.8, 4) is 0 Å². The molecule has 0 spiro atoms. The number of hydrogen-bond donors (Lipinski definition) is 1. The smallest absolute Gasteiger partial charge is 0.249 e. The third kappa shape index (κ3) is 2.22. The van der Waals surface area contributed by atoms with Gasteiger partial charge in [-0.1, -0.05) is 18.2 Å². The maximum atomic E-state index is 12.2. The van der Waals surface area contributed by atoms with Gasteiger partial charge in [0, 0.05) is 42.7 Å². The summed E-state index contributed by atoms with van der Waals surface area (Å²) in [4.78, 5) is 12.2. The number of amides is 1. The fraction of sp³-hybridized carbons (Fsp3) is 0.500. The molecule has 2 fully saturated rings. The molecular weight excluding hydrogens is 276 g/mol. The average Bonchev–Trinajstić information content (AvgIpc) is 2.98. The quantitative estimate of drug-likeness (QED) is 0.942.